The van der Waals surface area contributed by atoms with Gasteiger partial charge in [0.1, 0.15) is 16.5 Å². The number of carbonyl (C=O) groups is 2. The van der Waals surface area contributed by atoms with Crippen LogP contribution in [0, 0.1) is 6.92 Å². The second-order valence-electron chi connectivity index (χ2n) is 9.58. The Balaban J connectivity index is 1.42. The molecule has 202 valence electrons. The molecule has 6 rings (SSSR count). The number of aryl methyl sites for hydroxylation is 1. The van der Waals surface area contributed by atoms with E-state index < -0.39 is 23.5 Å². The van der Waals surface area contributed by atoms with Crippen LogP contribution in [0.5, 0.6) is 11.5 Å². The fourth-order valence-corrected chi connectivity index (χ4v) is 5.92. The molecule has 1 unspecified atom stereocenters. The Kier molecular flexibility index (Phi) is 7.14. The number of aliphatic hydroxyl groups is 1. The molecule has 0 fully saturated rings. The molecule has 1 amide bonds. The summed E-state index contributed by atoms with van der Waals surface area (Å²) in [5, 5.41) is 11.9. The van der Waals surface area contributed by atoms with Gasteiger partial charge in [-0.05, 0) is 48.4 Å². The number of rotatable bonds is 8. The number of nitrogens with zero attached hydrogens (tertiary/aromatic N) is 3. The second-order valence-corrected chi connectivity index (χ2v) is 10.6. The largest absolute Gasteiger partial charge is 0.503 e. The number of hydrogen-bond acceptors (Lipinski definition) is 7. The lowest BCUT2D eigenvalue weighted by atomic mass is 9.94. The number of hydrogen-bond donors (Lipinski definition) is 1. The molecule has 41 heavy (non-hydrogen) atoms. The lowest BCUT2D eigenvalue weighted by Gasteiger charge is -2.27. The van der Waals surface area contributed by atoms with E-state index in [9.17, 15) is 14.7 Å². The summed E-state index contributed by atoms with van der Waals surface area (Å²) in [6.45, 7) is 1.92. The van der Waals surface area contributed by atoms with Crippen LogP contribution in [-0.2, 0) is 11.3 Å². The molecule has 3 heterocycles. The predicted octanol–water partition coefficient (Wildman–Crippen LogP) is 7.08. The Morgan fingerprint density at radius 3 is 2.41 bits per heavy atom. The van der Waals surface area contributed by atoms with Gasteiger partial charge >= 0.3 is 0 Å². The molecule has 0 spiro atoms. The number of thiazole rings is 1. The lowest BCUT2D eigenvalue weighted by Crippen LogP contribution is -2.30. The Morgan fingerprint density at radius 1 is 0.951 bits per heavy atom. The molecule has 1 aliphatic heterocycles. The molecular weight excluding hydrogens is 534 g/mol. The minimum Gasteiger partial charge on any atom is -0.503 e. The van der Waals surface area contributed by atoms with Crippen LogP contribution in [0.3, 0.4) is 0 Å². The van der Waals surface area contributed by atoms with Crippen molar-refractivity contribution in [2.75, 3.05) is 0 Å². The van der Waals surface area contributed by atoms with E-state index in [4.69, 9.17) is 4.74 Å². The molecule has 0 saturated heterocycles. The van der Waals surface area contributed by atoms with E-state index in [2.05, 4.69) is 9.97 Å². The van der Waals surface area contributed by atoms with E-state index in [1.807, 2.05) is 84.9 Å². The van der Waals surface area contributed by atoms with Gasteiger partial charge in [0.25, 0.3) is 5.91 Å². The van der Waals surface area contributed by atoms with Gasteiger partial charge in [-0.1, -0.05) is 66.7 Å². The number of amides is 1. The zero-order valence-corrected chi connectivity index (χ0v) is 22.9. The summed E-state index contributed by atoms with van der Waals surface area (Å²) in [5.41, 5.74) is 2.85. The number of benzene rings is 3. The topological polar surface area (TPSA) is 92.6 Å². The normalized spacial score (nSPS) is 14.9. The summed E-state index contributed by atoms with van der Waals surface area (Å²) in [6, 6.07) is 29.0. The molecule has 1 N–H and O–H groups in total. The van der Waals surface area contributed by atoms with Gasteiger partial charge < -0.3 is 14.7 Å². The first-order valence-corrected chi connectivity index (χ1v) is 13.8. The molecule has 0 saturated carbocycles. The number of aromatic nitrogens is 2. The standard InChI is InChI=1S/C33H25N3O4S/c1-21-31(41-32(35-21)23-11-4-2-5-12-23)29(37)27-28(36(33(39)30(27)38)20-22-10-9-17-34-19-22)24-13-8-16-26(18-24)40-25-14-6-3-7-15-25/h2-19,28,38H,20H2,1H3. The zero-order valence-electron chi connectivity index (χ0n) is 22.1. The molecule has 1 atom stereocenters. The summed E-state index contributed by atoms with van der Waals surface area (Å²) >= 11 is 1.25. The molecule has 8 heteroatoms. The van der Waals surface area contributed by atoms with Gasteiger partial charge in [0.05, 0.1) is 22.2 Å². The molecule has 5 aromatic rings. The van der Waals surface area contributed by atoms with Crippen molar-refractivity contribution in [2.45, 2.75) is 19.5 Å². The number of ketones is 1. The molecule has 0 bridgehead atoms. The van der Waals surface area contributed by atoms with E-state index in [-0.39, 0.29) is 12.1 Å². The number of para-hydroxylation sites is 1. The van der Waals surface area contributed by atoms with Crippen LogP contribution in [0.2, 0.25) is 0 Å². The van der Waals surface area contributed by atoms with Gasteiger partial charge in [-0.15, -0.1) is 11.3 Å². The van der Waals surface area contributed by atoms with Crippen LogP contribution in [0.25, 0.3) is 10.6 Å². The number of carbonyl (C=O) groups excluding carboxylic acids is 2. The van der Waals surface area contributed by atoms with Crippen molar-refractivity contribution < 1.29 is 19.4 Å². The SMILES string of the molecule is Cc1nc(-c2ccccc2)sc1C(=O)C1=C(O)C(=O)N(Cc2cccnc2)C1c1cccc(Oc2ccccc2)c1. The average Bonchev–Trinajstić information content (AvgIpc) is 3.51. The fraction of sp³-hybridized carbons (Fsp3) is 0.0909. The molecule has 0 radical (unpaired) electrons. The van der Waals surface area contributed by atoms with Crippen molar-refractivity contribution in [2.24, 2.45) is 0 Å². The molecule has 1 aliphatic rings. The second kappa shape index (κ2) is 11.2. The highest BCUT2D eigenvalue weighted by Crippen LogP contribution is 2.42. The summed E-state index contributed by atoms with van der Waals surface area (Å²) in [6.07, 6.45) is 3.31. The first kappa shape index (κ1) is 26.2. The first-order chi connectivity index (χ1) is 20.0. The molecular formula is C33H25N3O4S. The third-order valence-electron chi connectivity index (χ3n) is 6.80. The minimum absolute atomic E-state index is 0.0158. The maximum Gasteiger partial charge on any atom is 0.290 e. The molecule has 0 aliphatic carbocycles. The van der Waals surface area contributed by atoms with Gasteiger partial charge in [0.15, 0.2) is 5.76 Å². The minimum atomic E-state index is -0.851. The van der Waals surface area contributed by atoms with Crippen molar-refractivity contribution in [3.8, 4) is 22.1 Å². The highest BCUT2D eigenvalue weighted by atomic mass is 32.1. The Morgan fingerprint density at radius 2 is 1.68 bits per heavy atom. The van der Waals surface area contributed by atoms with E-state index in [1.165, 1.54) is 16.2 Å². The third kappa shape index (κ3) is 5.25. The van der Waals surface area contributed by atoms with Crippen LogP contribution < -0.4 is 4.74 Å². The monoisotopic (exact) mass is 559 g/mol. The highest BCUT2D eigenvalue weighted by molar-refractivity contribution is 7.17. The van der Waals surface area contributed by atoms with Gasteiger partial charge in [-0.3, -0.25) is 14.6 Å². The van der Waals surface area contributed by atoms with Crippen molar-refractivity contribution in [3.63, 3.8) is 0 Å². The number of ether oxygens (including phenoxy) is 1. The Bertz CT molecular complexity index is 1750. The molecule has 7 nitrogen and oxygen atoms in total. The predicted molar refractivity (Wildman–Crippen MR) is 157 cm³/mol. The summed E-state index contributed by atoms with van der Waals surface area (Å²) in [4.78, 5) is 38.4. The highest BCUT2D eigenvalue weighted by Gasteiger charge is 2.44. The smallest absolute Gasteiger partial charge is 0.290 e. The summed E-state index contributed by atoms with van der Waals surface area (Å²) < 4.78 is 6.05. The van der Waals surface area contributed by atoms with E-state index >= 15 is 0 Å². The summed E-state index contributed by atoms with van der Waals surface area (Å²) in [5.74, 6) is -0.417. The van der Waals surface area contributed by atoms with Crippen molar-refractivity contribution in [1.29, 1.82) is 0 Å². The van der Waals surface area contributed by atoms with Gasteiger partial charge in [0.2, 0.25) is 5.78 Å². The number of pyridine rings is 1. The van der Waals surface area contributed by atoms with Crippen molar-refractivity contribution in [1.82, 2.24) is 14.9 Å². The fourth-order valence-electron chi connectivity index (χ4n) is 4.89. The maximum absolute atomic E-state index is 14.2. The van der Waals surface area contributed by atoms with Crippen molar-refractivity contribution >= 4 is 23.0 Å². The zero-order chi connectivity index (χ0) is 28.3. The van der Waals surface area contributed by atoms with Crippen LogP contribution in [0.1, 0.15) is 32.5 Å². The number of Topliss-reactive ketones (excluding diaryl/α,β-unsaturated/α-hetero) is 1. The first-order valence-electron chi connectivity index (χ1n) is 13.0. The quantitative estimate of drug-likeness (QED) is 0.204. The van der Waals surface area contributed by atoms with Crippen LogP contribution >= 0.6 is 11.3 Å². The third-order valence-corrected chi connectivity index (χ3v) is 8.01. The van der Waals surface area contributed by atoms with Crippen LogP contribution in [0.4, 0.5) is 0 Å². The number of aliphatic hydroxyl groups excluding tert-OH is 1. The summed E-state index contributed by atoms with van der Waals surface area (Å²) in [7, 11) is 0. The van der Waals surface area contributed by atoms with E-state index in [0.29, 0.717) is 32.6 Å². The molecule has 3 aromatic carbocycles. The average molecular weight is 560 g/mol. The van der Waals surface area contributed by atoms with E-state index in [1.54, 1.807) is 31.5 Å². The Labute approximate surface area is 241 Å². The lowest BCUT2D eigenvalue weighted by molar-refractivity contribution is -0.130. The van der Waals surface area contributed by atoms with Gasteiger partial charge in [-0.25, -0.2) is 4.98 Å². The van der Waals surface area contributed by atoms with Crippen LogP contribution in [-0.4, -0.2) is 31.7 Å². The molecule has 2 aromatic heterocycles. The van der Waals surface area contributed by atoms with E-state index in [0.717, 1.165) is 11.1 Å². The van der Waals surface area contributed by atoms with Gasteiger partial charge in [-0.2, -0.15) is 0 Å². The van der Waals surface area contributed by atoms with Crippen LogP contribution in [0.15, 0.2) is 121 Å². The van der Waals surface area contributed by atoms with Crippen molar-refractivity contribution in [3.05, 3.63) is 142 Å². The Hall–Kier alpha value is -5.08. The van der Waals surface area contributed by atoms with Gasteiger partial charge in [0, 0.05) is 24.5 Å². The maximum atomic E-state index is 14.2.